The predicted molar refractivity (Wildman–Crippen MR) is 65.4 cm³/mol. The quantitative estimate of drug-likeness (QED) is 0.805. The number of hydrogen-bond acceptors (Lipinski definition) is 3. The van der Waals surface area contributed by atoms with Crippen LogP contribution in [0.25, 0.3) is 0 Å². The topological polar surface area (TPSA) is 33.1 Å². The molecule has 4 heteroatoms. The van der Waals surface area contributed by atoms with Crippen LogP contribution in [0.5, 0.6) is 0 Å². The maximum atomic E-state index is 4.07. The highest BCUT2D eigenvalue weighted by atomic mass is 15.2. The van der Waals surface area contributed by atoms with Crippen molar-refractivity contribution in [2.75, 3.05) is 26.2 Å². The van der Waals surface area contributed by atoms with Gasteiger partial charge in [0.05, 0.1) is 6.33 Å². The molecule has 0 aromatic carbocycles. The minimum atomic E-state index is 0.773. The zero-order valence-corrected chi connectivity index (χ0v) is 10.1. The summed E-state index contributed by atoms with van der Waals surface area (Å²) in [5, 5.41) is 3.42. The Bertz CT molecular complexity index is 277. The molecule has 1 aliphatic heterocycles. The van der Waals surface area contributed by atoms with Gasteiger partial charge in [-0.3, -0.25) is 4.90 Å². The summed E-state index contributed by atoms with van der Waals surface area (Å²) in [6.07, 6.45) is 8.36. The van der Waals surface area contributed by atoms with Gasteiger partial charge in [-0.05, 0) is 32.5 Å². The van der Waals surface area contributed by atoms with Crippen molar-refractivity contribution in [1.82, 2.24) is 19.8 Å². The molecule has 1 aliphatic rings. The molecule has 1 N–H and O–H groups in total. The molecular formula is C12H22N4. The molecule has 1 aromatic rings. The molecule has 0 aliphatic carbocycles. The summed E-state index contributed by atoms with van der Waals surface area (Å²) in [4.78, 5) is 6.67. The molecule has 1 saturated heterocycles. The summed E-state index contributed by atoms with van der Waals surface area (Å²) in [5.74, 6) is 0. The van der Waals surface area contributed by atoms with Crippen molar-refractivity contribution in [2.24, 2.45) is 0 Å². The minimum absolute atomic E-state index is 0.773. The van der Waals surface area contributed by atoms with Crippen LogP contribution in [-0.2, 0) is 6.54 Å². The Kier molecular flexibility index (Phi) is 4.36. The number of nitrogens with zero attached hydrogens (tertiary/aromatic N) is 3. The zero-order chi connectivity index (χ0) is 11.2. The summed E-state index contributed by atoms with van der Waals surface area (Å²) >= 11 is 0. The van der Waals surface area contributed by atoms with Crippen LogP contribution in [0, 0.1) is 0 Å². The van der Waals surface area contributed by atoms with Gasteiger partial charge in [0.2, 0.25) is 0 Å². The maximum Gasteiger partial charge on any atom is 0.0946 e. The summed E-state index contributed by atoms with van der Waals surface area (Å²) in [7, 11) is 0. The number of aromatic nitrogens is 2. The molecule has 2 heterocycles. The average Bonchev–Trinajstić information content (AvgIpc) is 2.84. The molecule has 0 saturated carbocycles. The highest BCUT2D eigenvalue weighted by Gasteiger charge is 2.18. The van der Waals surface area contributed by atoms with Crippen molar-refractivity contribution in [3.8, 4) is 0 Å². The zero-order valence-electron chi connectivity index (χ0n) is 10.1. The third-order valence-electron chi connectivity index (χ3n) is 3.44. The van der Waals surface area contributed by atoms with E-state index in [1.165, 1.54) is 25.9 Å². The Labute approximate surface area is 97.7 Å². The van der Waals surface area contributed by atoms with E-state index in [4.69, 9.17) is 0 Å². The standard InChI is InChI=1S/C12H22N4/c1-2-16(12-3-5-13-6-4-12)10-9-15-8-7-14-11-15/h7-8,11-13H,2-6,9-10H2,1H3. The molecule has 2 rings (SSSR count). The molecule has 16 heavy (non-hydrogen) atoms. The first-order valence-electron chi connectivity index (χ1n) is 6.30. The first kappa shape index (κ1) is 11.6. The Balaban J connectivity index is 1.80. The molecule has 1 aromatic heterocycles. The smallest absolute Gasteiger partial charge is 0.0946 e. The first-order valence-corrected chi connectivity index (χ1v) is 6.30. The van der Waals surface area contributed by atoms with Gasteiger partial charge < -0.3 is 9.88 Å². The van der Waals surface area contributed by atoms with E-state index in [9.17, 15) is 0 Å². The fraction of sp³-hybridized carbons (Fsp3) is 0.750. The molecule has 0 spiro atoms. The van der Waals surface area contributed by atoms with Gasteiger partial charge in [-0.1, -0.05) is 6.92 Å². The number of rotatable bonds is 5. The van der Waals surface area contributed by atoms with Gasteiger partial charge in [-0.25, -0.2) is 4.98 Å². The normalized spacial score (nSPS) is 18.1. The van der Waals surface area contributed by atoms with Crippen LogP contribution in [0.4, 0.5) is 0 Å². The van der Waals surface area contributed by atoms with E-state index in [0.29, 0.717) is 0 Å². The lowest BCUT2D eigenvalue weighted by atomic mass is 10.0. The first-order chi connectivity index (χ1) is 7.90. The van der Waals surface area contributed by atoms with Crippen LogP contribution >= 0.6 is 0 Å². The fourth-order valence-electron chi connectivity index (χ4n) is 2.43. The lowest BCUT2D eigenvalue weighted by Gasteiger charge is -2.33. The SMILES string of the molecule is CCN(CCn1ccnc1)C1CCNCC1. The molecule has 4 nitrogen and oxygen atoms in total. The van der Waals surface area contributed by atoms with Crippen molar-refractivity contribution in [3.05, 3.63) is 18.7 Å². The largest absolute Gasteiger partial charge is 0.336 e. The lowest BCUT2D eigenvalue weighted by Crippen LogP contribution is -2.44. The number of hydrogen-bond donors (Lipinski definition) is 1. The lowest BCUT2D eigenvalue weighted by molar-refractivity contribution is 0.164. The number of imidazole rings is 1. The number of nitrogens with one attached hydrogen (secondary N) is 1. The van der Waals surface area contributed by atoms with Gasteiger partial charge in [0.25, 0.3) is 0 Å². The van der Waals surface area contributed by atoms with E-state index in [2.05, 4.69) is 26.7 Å². The molecule has 90 valence electrons. The molecule has 0 radical (unpaired) electrons. The van der Waals surface area contributed by atoms with Crippen molar-refractivity contribution < 1.29 is 0 Å². The van der Waals surface area contributed by atoms with E-state index in [1.54, 1.807) is 0 Å². The molecule has 0 bridgehead atoms. The highest BCUT2D eigenvalue weighted by molar-refractivity contribution is 4.79. The Morgan fingerprint density at radius 3 is 2.88 bits per heavy atom. The molecular weight excluding hydrogens is 200 g/mol. The minimum Gasteiger partial charge on any atom is -0.336 e. The second-order valence-electron chi connectivity index (χ2n) is 4.41. The Hall–Kier alpha value is -0.870. The van der Waals surface area contributed by atoms with E-state index < -0.39 is 0 Å². The number of piperidine rings is 1. The van der Waals surface area contributed by atoms with Crippen LogP contribution in [-0.4, -0.2) is 46.7 Å². The summed E-state index contributed by atoms with van der Waals surface area (Å²) in [5.41, 5.74) is 0. The van der Waals surface area contributed by atoms with Gasteiger partial charge in [-0.15, -0.1) is 0 Å². The van der Waals surface area contributed by atoms with Crippen LogP contribution in [0.15, 0.2) is 18.7 Å². The van der Waals surface area contributed by atoms with Crippen molar-refractivity contribution in [3.63, 3.8) is 0 Å². The van der Waals surface area contributed by atoms with Gasteiger partial charge in [0.1, 0.15) is 0 Å². The monoisotopic (exact) mass is 222 g/mol. The Morgan fingerprint density at radius 2 is 2.25 bits per heavy atom. The second-order valence-corrected chi connectivity index (χ2v) is 4.41. The maximum absolute atomic E-state index is 4.07. The predicted octanol–water partition coefficient (Wildman–Crippen LogP) is 0.957. The molecule has 0 amide bonds. The van der Waals surface area contributed by atoms with Gasteiger partial charge in [-0.2, -0.15) is 0 Å². The molecule has 0 atom stereocenters. The van der Waals surface area contributed by atoms with Gasteiger partial charge in [0, 0.05) is 31.5 Å². The van der Waals surface area contributed by atoms with E-state index in [-0.39, 0.29) is 0 Å². The summed E-state index contributed by atoms with van der Waals surface area (Å²) in [6.45, 7) is 7.95. The van der Waals surface area contributed by atoms with Crippen LogP contribution in [0.2, 0.25) is 0 Å². The highest BCUT2D eigenvalue weighted by Crippen LogP contribution is 2.11. The fourth-order valence-corrected chi connectivity index (χ4v) is 2.43. The summed E-state index contributed by atoms with van der Waals surface area (Å²) in [6, 6.07) is 0.773. The van der Waals surface area contributed by atoms with E-state index in [1.807, 2.05) is 18.7 Å². The van der Waals surface area contributed by atoms with Gasteiger partial charge in [0.15, 0.2) is 0 Å². The summed E-state index contributed by atoms with van der Waals surface area (Å²) < 4.78 is 2.16. The number of likely N-dealkylation sites (N-methyl/N-ethyl adjacent to an activating group) is 1. The molecule has 0 unspecified atom stereocenters. The van der Waals surface area contributed by atoms with Crippen LogP contribution in [0.1, 0.15) is 19.8 Å². The Morgan fingerprint density at radius 1 is 1.44 bits per heavy atom. The third-order valence-corrected chi connectivity index (χ3v) is 3.44. The second kappa shape index (κ2) is 6.01. The molecule has 1 fully saturated rings. The van der Waals surface area contributed by atoms with Crippen molar-refractivity contribution >= 4 is 0 Å². The van der Waals surface area contributed by atoms with Crippen LogP contribution < -0.4 is 5.32 Å². The third kappa shape index (κ3) is 3.06. The van der Waals surface area contributed by atoms with Crippen molar-refractivity contribution in [1.29, 1.82) is 0 Å². The average molecular weight is 222 g/mol. The van der Waals surface area contributed by atoms with Crippen LogP contribution in [0.3, 0.4) is 0 Å². The van der Waals surface area contributed by atoms with Crippen molar-refractivity contribution in [2.45, 2.75) is 32.4 Å². The van der Waals surface area contributed by atoms with E-state index >= 15 is 0 Å². The van der Waals surface area contributed by atoms with Gasteiger partial charge >= 0.3 is 0 Å². The van der Waals surface area contributed by atoms with E-state index in [0.717, 1.165) is 25.7 Å².